The van der Waals surface area contributed by atoms with Gasteiger partial charge in [0, 0.05) is 15.7 Å². The molecule has 3 rings (SSSR count). The van der Waals surface area contributed by atoms with E-state index in [9.17, 15) is 14.9 Å². The van der Waals surface area contributed by atoms with Crippen molar-refractivity contribution in [2.45, 2.75) is 0 Å². The molecule has 25 heavy (non-hydrogen) atoms. The predicted molar refractivity (Wildman–Crippen MR) is 100 cm³/mol. The van der Waals surface area contributed by atoms with E-state index in [4.69, 9.17) is 11.6 Å². The first kappa shape index (κ1) is 17.3. The van der Waals surface area contributed by atoms with E-state index in [1.165, 1.54) is 35.5 Å². The van der Waals surface area contributed by atoms with Crippen LogP contribution in [0.25, 0.3) is 5.69 Å². The summed E-state index contributed by atoms with van der Waals surface area (Å²) in [5, 5.41) is 18.1. The van der Waals surface area contributed by atoms with Crippen molar-refractivity contribution < 1.29 is 9.72 Å². The minimum Gasteiger partial charge on any atom is -0.320 e. The van der Waals surface area contributed by atoms with Crippen LogP contribution in [-0.2, 0) is 0 Å². The average Bonchev–Trinajstić information content (AvgIpc) is 3.09. The van der Waals surface area contributed by atoms with E-state index in [1.807, 2.05) is 22.6 Å². The van der Waals surface area contributed by atoms with Crippen molar-refractivity contribution in [1.82, 2.24) is 14.8 Å². The van der Waals surface area contributed by atoms with Crippen molar-refractivity contribution in [1.29, 1.82) is 0 Å². The van der Waals surface area contributed by atoms with Crippen LogP contribution in [0.4, 0.5) is 11.4 Å². The molecule has 0 atom stereocenters. The van der Waals surface area contributed by atoms with Crippen LogP contribution in [0.3, 0.4) is 0 Å². The molecule has 0 aliphatic carbocycles. The summed E-state index contributed by atoms with van der Waals surface area (Å²) in [7, 11) is 0. The Kier molecular flexibility index (Phi) is 4.95. The molecule has 0 bridgehead atoms. The molecule has 0 fully saturated rings. The topological polar surface area (TPSA) is 103 Å². The van der Waals surface area contributed by atoms with Crippen LogP contribution in [0.15, 0.2) is 49.1 Å². The van der Waals surface area contributed by atoms with Gasteiger partial charge in [-0.2, -0.15) is 5.10 Å². The summed E-state index contributed by atoms with van der Waals surface area (Å²) in [6.07, 6.45) is 2.80. The highest BCUT2D eigenvalue weighted by atomic mass is 127. The zero-order valence-corrected chi connectivity index (χ0v) is 15.3. The number of rotatable bonds is 4. The molecule has 2 aromatic carbocycles. The molecule has 1 heterocycles. The number of non-ortho nitro benzene ring substituents is 1. The number of aromatic nitrogens is 3. The van der Waals surface area contributed by atoms with Gasteiger partial charge < -0.3 is 5.32 Å². The fourth-order valence-corrected chi connectivity index (χ4v) is 3.00. The number of carbonyl (C=O) groups excluding carboxylic acids is 1. The van der Waals surface area contributed by atoms with Gasteiger partial charge in [0.15, 0.2) is 0 Å². The normalized spacial score (nSPS) is 10.5. The Morgan fingerprint density at radius 2 is 2.12 bits per heavy atom. The minimum absolute atomic E-state index is 0.159. The van der Waals surface area contributed by atoms with E-state index in [0.29, 0.717) is 20.0 Å². The van der Waals surface area contributed by atoms with Crippen molar-refractivity contribution >= 4 is 51.5 Å². The first-order chi connectivity index (χ1) is 12.0. The maximum absolute atomic E-state index is 12.6. The van der Waals surface area contributed by atoms with E-state index in [0.717, 1.165) is 0 Å². The third-order valence-corrected chi connectivity index (χ3v) is 4.53. The number of anilines is 1. The Morgan fingerprint density at radius 1 is 1.32 bits per heavy atom. The number of nitro groups is 1. The van der Waals surface area contributed by atoms with Gasteiger partial charge in [-0.15, -0.1) is 0 Å². The van der Waals surface area contributed by atoms with Gasteiger partial charge in [0.25, 0.3) is 11.6 Å². The summed E-state index contributed by atoms with van der Waals surface area (Å²) in [5.74, 6) is -0.489. The maximum Gasteiger partial charge on any atom is 0.270 e. The van der Waals surface area contributed by atoms with Gasteiger partial charge in [-0.05, 0) is 40.8 Å². The van der Waals surface area contributed by atoms with Gasteiger partial charge in [-0.25, -0.2) is 9.67 Å². The smallest absolute Gasteiger partial charge is 0.270 e. The highest BCUT2D eigenvalue weighted by molar-refractivity contribution is 14.1. The summed E-state index contributed by atoms with van der Waals surface area (Å²) < 4.78 is 2.01. The van der Waals surface area contributed by atoms with E-state index in [1.54, 1.807) is 18.2 Å². The minimum atomic E-state index is -0.549. The molecular formula is C15H9ClIN5O3. The molecule has 1 amide bonds. The first-order valence-corrected chi connectivity index (χ1v) is 8.32. The van der Waals surface area contributed by atoms with E-state index in [2.05, 4.69) is 15.4 Å². The van der Waals surface area contributed by atoms with Crippen molar-refractivity contribution in [2.24, 2.45) is 0 Å². The van der Waals surface area contributed by atoms with Crippen LogP contribution in [0, 0.1) is 13.7 Å². The lowest BCUT2D eigenvalue weighted by molar-refractivity contribution is -0.384. The lowest BCUT2D eigenvalue weighted by Gasteiger charge is -2.13. The summed E-state index contributed by atoms with van der Waals surface area (Å²) in [4.78, 5) is 26.9. The largest absolute Gasteiger partial charge is 0.320 e. The number of nitrogens with one attached hydrogen (secondary N) is 1. The zero-order valence-electron chi connectivity index (χ0n) is 12.4. The van der Waals surface area contributed by atoms with Crippen LogP contribution in [0.1, 0.15) is 10.4 Å². The summed E-state index contributed by atoms with van der Waals surface area (Å²) in [6, 6.07) is 9.09. The van der Waals surface area contributed by atoms with Crippen LogP contribution in [0.5, 0.6) is 0 Å². The lowest BCUT2D eigenvalue weighted by Crippen LogP contribution is -2.16. The fraction of sp³-hybridized carbons (Fsp3) is 0. The predicted octanol–water partition coefficient (Wildman–Crippen LogP) is 3.69. The Morgan fingerprint density at radius 3 is 2.80 bits per heavy atom. The third-order valence-electron chi connectivity index (χ3n) is 3.29. The van der Waals surface area contributed by atoms with Crippen LogP contribution >= 0.6 is 34.2 Å². The summed E-state index contributed by atoms with van der Waals surface area (Å²) in [6.45, 7) is 0. The van der Waals surface area contributed by atoms with Crippen molar-refractivity contribution in [3.63, 3.8) is 0 Å². The fourth-order valence-electron chi connectivity index (χ4n) is 2.16. The monoisotopic (exact) mass is 469 g/mol. The molecule has 8 nitrogen and oxygen atoms in total. The Labute approximate surface area is 160 Å². The molecule has 0 spiro atoms. The quantitative estimate of drug-likeness (QED) is 0.357. The molecule has 1 aromatic heterocycles. The van der Waals surface area contributed by atoms with Gasteiger partial charge in [0.05, 0.1) is 21.2 Å². The van der Waals surface area contributed by atoms with Crippen molar-refractivity contribution in [2.75, 3.05) is 5.32 Å². The maximum atomic E-state index is 12.6. The summed E-state index contributed by atoms with van der Waals surface area (Å²) >= 11 is 8.16. The number of hydrogen-bond acceptors (Lipinski definition) is 5. The average molecular weight is 470 g/mol. The highest BCUT2D eigenvalue weighted by Crippen LogP contribution is 2.29. The van der Waals surface area contributed by atoms with Gasteiger partial charge in [0.2, 0.25) is 0 Å². The molecule has 1 N–H and O–H groups in total. The molecule has 0 aliphatic rings. The summed E-state index contributed by atoms with van der Waals surface area (Å²) in [5.41, 5.74) is 0.897. The molecule has 0 unspecified atom stereocenters. The van der Waals surface area contributed by atoms with E-state index in [-0.39, 0.29) is 11.3 Å². The number of nitro benzene ring substituents is 1. The number of hydrogen-bond donors (Lipinski definition) is 1. The van der Waals surface area contributed by atoms with Gasteiger partial charge in [-0.1, -0.05) is 17.7 Å². The molecule has 0 saturated heterocycles. The van der Waals surface area contributed by atoms with E-state index < -0.39 is 10.8 Å². The number of halogens is 2. The van der Waals surface area contributed by atoms with Crippen LogP contribution in [-0.4, -0.2) is 25.6 Å². The second kappa shape index (κ2) is 7.15. The molecule has 0 radical (unpaired) electrons. The second-order valence-electron chi connectivity index (χ2n) is 4.85. The third kappa shape index (κ3) is 3.61. The second-order valence-corrected chi connectivity index (χ2v) is 6.42. The SMILES string of the molecule is O=C(Nc1cccc(Cl)c1-n1cncn1)c1cc([N+](=O)[O-])ccc1I. The number of amides is 1. The molecule has 3 aromatic rings. The van der Waals surface area contributed by atoms with Crippen molar-refractivity contribution in [3.8, 4) is 5.69 Å². The van der Waals surface area contributed by atoms with Gasteiger partial charge >= 0.3 is 0 Å². The first-order valence-electron chi connectivity index (χ1n) is 6.86. The van der Waals surface area contributed by atoms with Crippen LogP contribution < -0.4 is 5.32 Å². The number of para-hydroxylation sites is 1. The molecule has 0 saturated carbocycles. The Balaban J connectivity index is 1.99. The van der Waals surface area contributed by atoms with Crippen molar-refractivity contribution in [3.05, 3.63) is 73.3 Å². The Bertz CT molecular complexity index is 962. The number of benzene rings is 2. The number of nitrogens with zero attached hydrogens (tertiary/aromatic N) is 4. The zero-order chi connectivity index (χ0) is 18.0. The van der Waals surface area contributed by atoms with Gasteiger partial charge in [-0.3, -0.25) is 14.9 Å². The molecule has 10 heteroatoms. The molecule has 0 aliphatic heterocycles. The van der Waals surface area contributed by atoms with E-state index >= 15 is 0 Å². The molecule has 126 valence electrons. The Hall–Kier alpha value is -2.53. The molecular weight excluding hydrogens is 461 g/mol. The van der Waals surface area contributed by atoms with Crippen LogP contribution in [0.2, 0.25) is 5.02 Å². The highest BCUT2D eigenvalue weighted by Gasteiger charge is 2.18. The van der Waals surface area contributed by atoms with Gasteiger partial charge in [0.1, 0.15) is 18.3 Å². The standard InChI is InChI=1S/C15H9ClIN5O3/c16-11-2-1-3-13(14(11)21-8-18-7-19-21)20-15(23)10-6-9(22(24)25)4-5-12(10)17/h1-8H,(H,20,23). The lowest BCUT2D eigenvalue weighted by atomic mass is 10.1. The number of carbonyl (C=O) groups is 1.